The molecule has 1 aromatic rings. The summed E-state index contributed by atoms with van der Waals surface area (Å²) in [5.41, 5.74) is 1.82. The normalized spacial score (nSPS) is 15.6. The van der Waals surface area contributed by atoms with Crippen LogP contribution in [-0.2, 0) is 16.6 Å². The van der Waals surface area contributed by atoms with Gasteiger partial charge in [-0.1, -0.05) is 26.0 Å². The summed E-state index contributed by atoms with van der Waals surface area (Å²) in [5, 5.41) is 3.41. The Kier molecular flexibility index (Phi) is 5.41. The van der Waals surface area contributed by atoms with Gasteiger partial charge in [-0.3, -0.25) is 0 Å². The minimum Gasteiger partial charge on any atom is -0.310 e. The molecule has 21 heavy (non-hydrogen) atoms. The molecule has 0 atom stereocenters. The molecule has 0 unspecified atom stereocenters. The van der Waals surface area contributed by atoms with Crippen LogP contribution in [0.5, 0.6) is 0 Å². The zero-order valence-corrected chi connectivity index (χ0v) is 14.0. The van der Waals surface area contributed by atoms with Crippen molar-refractivity contribution in [1.29, 1.82) is 0 Å². The van der Waals surface area contributed by atoms with E-state index in [2.05, 4.69) is 23.9 Å². The van der Waals surface area contributed by atoms with Gasteiger partial charge in [0.25, 0.3) is 0 Å². The van der Waals surface area contributed by atoms with Crippen molar-refractivity contribution in [2.45, 2.75) is 57.5 Å². The number of nitrogens with one attached hydrogen (secondary N) is 2. The standard InChI is InChI=1S/C16H26N2O2S/c1-12(2)8-9-18-21(19,20)16-10-14(5-4-13(16)3)11-17-15-6-7-15/h4-5,10,12,15,17-18H,6-9,11H2,1-3H3. The summed E-state index contributed by atoms with van der Waals surface area (Å²) < 4.78 is 27.5. The van der Waals surface area contributed by atoms with Gasteiger partial charge >= 0.3 is 0 Å². The maximum absolute atomic E-state index is 12.4. The maximum Gasteiger partial charge on any atom is 0.240 e. The minimum atomic E-state index is -3.41. The first-order valence-electron chi connectivity index (χ1n) is 7.71. The van der Waals surface area contributed by atoms with Gasteiger partial charge < -0.3 is 5.32 Å². The molecule has 0 aliphatic heterocycles. The second-order valence-electron chi connectivity index (χ2n) is 6.34. The molecular weight excluding hydrogens is 284 g/mol. The fourth-order valence-corrected chi connectivity index (χ4v) is 3.49. The number of hydrogen-bond acceptors (Lipinski definition) is 3. The summed E-state index contributed by atoms with van der Waals surface area (Å²) in [5.74, 6) is 0.489. The Bertz CT molecular complexity index is 578. The van der Waals surface area contributed by atoms with E-state index in [1.165, 1.54) is 12.8 Å². The molecule has 1 fully saturated rings. The van der Waals surface area contributed by atoms with Crippen molar-refractivity contribution in [3.05, 3.63) is 29.3 Å². The molecule has 1 saturated carbocycles. The molecule has 0 saturated heterocycles. The van der Waals surface area contributed by atoms with Crippen molar-refractivity contribution in [3.63, 3.8) is 0 Å². The van der Waals surface area contributed by atoms with Gasteiger partial charge in [-0.15, -0.1) is 0 Å². The highest BCUT2D eigenvalue weighted by molar-refractivity contribution is 7.89. The molecule has 1 aliphatic carbocycles. The van der Waals surface area contributed by atoms with Gasteiger partial charge in [0.15, 0.2) is 0 Å². The second-order valence-corrected chi connectivity index (χ2v) is 8.07. The highest BCUT2D eigenvalue weighted by atomic mass is 32.2. The quantitative estimate of drug-likeness (QED) is 0.776. The van der Waals surface area contributed by atoms with Crippen LogP contribution in [0.25, 0.3) is 0 Å². The number of sulfonamides is 1. The molecule has 1 aliphatic rings. The smallest absolute Gasteiger partial charge is 0.240 e. The van der Waals surface area contributed by atoms with E-state index < -0.39 is 10.0 Å². The molecule has 0 aromatic heterocycles. The Morgan fingerprint density at radius 3 is 2.62 bits per heavy atom. The van der Waals surface area contributed by atoms with Crippen LogP contribution in [0.1, 0.15) is 44.2 Å². The Morgan fingerprint density at radius 1 is 1.29 bits per heavy atom. The lowest BCUT2D eigenvalue weighted by molar-refractivity contribution is 0.551. The van der Waals surface area contributed by atoms with E-state index in [0.29, 0.717) is 23.4 Å². The molecule has 0 heterocycles. The average Bonchev–Trinajstić information content (AvgIpc) is 3.21. The lowest BCUT2D eigenvalue weighted by atomic mass is 10.1. The molecule has 2 N–H and O–H groups in total. The van der Waals surface area contributed by atoms with Crippen molar-refractivity contribution in [2.75, 3.05) is 6.54 Å². The topological polar surface area (TPSA) is 58.2 Å². The Hall–Kier alpha value is -0.910. The van der Waals surface area contributed by atoms with Crippen LogP contribution in [0.4, 0.5) is 0 Å². The number of aryl methyl sites for hydroxylation is 1. The first-order valence-corrected chi connectivity index (χ1v) is 9.19. The van der Waals surface area contributed by atoms with E-state index in [0.717, 1.165) is 24.1 Å². The summed E-state index contributed by atoms with van der Waals surface area (Å²) >= 11 is 0. The Balaban J connectivity index is 2.06. The predicted octanol–water partition coefficient (Wildman–Crippen LogP) is 2.57. The summed E-state index contributed by atoms with van der Waals surface area (Å²) in [6.07, 6.45) is 3.31. The number of hydrogen-bond donors (Lipinski definition) is 2. The van der Waals surface area contributed by atoms with Gasteiger partial charge in [0.2, 0.25) is 10.0 Å². The first kappa shape index (κ1) is 16.5. The average molecular weight is 310 g/mol. The lowest BCUT2D eigenvalue weighted by Crippen LogP contribution is -2.26. The van der Waals surface area contributed by atoms with Crippen LogP contribution < -0.4 is 10.0 Å². The van der Waals surface area contributed by atoms with Gasteiger partial charge in [-0.2, -0.15) is 0 Å². The van der Waals surface area contributed by atoms with Crippen LogP contribution in [0.15, 0.2) is 23.1 Å². The van der Waals surface area contributed by atoms with Gasteiger partial charge in [0, 0.05) is 19.1 Å². The maximum atomic E-state index is 12.4. The van der Waals surface area contributed by atoms with Crippen molar-refractivity contribution < 1.29 is 8.42 Å². The molecule has 0 bridgehead atoms. The molecular formula is C16H26N2O2S. The van der Waals surface area contributed by atoms with Gasteiger partial charge in [0.1, 0.15) is 0 Å². The third-order valence-corrected chi connectivity index (χ3v) is 5.33. The molecule has 0 spiro atoms. The fraction of sp³-hybridized carbons (Fsp3) is 0.625. The van der Waals surface area contributed by atoms with Crippen LogP contribution in [0, 0.1) is 12.8 Å². The van der Waals surface area contributed by atoms with Crippen molar-refractivity contribution in [1.82, 2.24) is 10.0 Å². The van der Waals surface area contributed by atoms with Crippen molar-refractivity contribution in [2.24, 2.45) is 5.92 Å². The van der Waals surface area contributed by atoms with Crippen molar-refractivity contribution in [3.8, 4) is 0 Å². The number of rotatable bonds is 8. The van der Waals surface area contributed by atoms with Crippen LogP contribution in [0.2, 0.25) is 0 Å². The van der Waals surface area contributed by atoms with E-state index >= 15 is 0 Å². The van der Waals surface area contributed by atoms with Crippen LogP contribution >= 0.6 is 0 Å². The summed E-state index contributed by atoms with van der Waals surface area (Å²) in [7, 11) is -3.41. The van der Waals surface area contributed by atoms with Gasteiger partial charge in [-0.05, 0) is 49.3 Å². The van der Waals surface area contributed by atoms with E-state index in [-0.39, 0.29) is 0 Å². The zero-order chi connectivity index (χ0) is 15.5. The van der Waals surface area contributed by atoms with Gasteiger partial charge in [-0.25, -0.2) is 13.1 Å². The van der Waals surface area contributed by atoms with E-state index in [1.807, 2.05) is 19.1 Å². The predicted molar refractivity (Wildman–Crippen MR) is 85.7 cm³/mol. The largest absolute Gasteiger partial charge is 0.310 e. The molecule has 4 nitrogen and oxygen atoms in total. The molecule has 0 amide bonds. The monoisotopic (exact) mass is 310 g/mol. The van der Waals surface area contributed by atoms with Crippen LogP contribution in [-0.4, -0.2) is 21.0 Å². The summed E-state index contributed by atoms with van der Waals surface area (Å²) in [4.78, 5) is 0.404. The molecule has 0 radical (unpaired) electrons. The lowest BCUT2D eigenvalue weighted by Gasteiger charge is -2.12. The van der Waals surface area contributed by atoms with E-state index in [1.54, 1.807) is 6.07 Å². The van der Waals surface area contributed by atoms with E-state index in [9.17, 15) is 8.42 Å². The highest BCUT2D eigenvalue weighted by Crippen LogP contribution is 2.21. The minimum absolute atomic E-state index is 0.404. The first-order chi connectivity index (χ1) is 9.88. The third-order valence-electron chi connectivity index (χ3n) is 3.73. The molecule has 118 valence electrons. The molecule has 2 rings (SSSR count). The summed E-state index contributed by atoms with van der Waals surface area (Å²) in [6.45, 7) is 7.24. The zero-order valence-electron chi connectivity index (χ0n) is 13.1. The molecule has 5 heteroatoms. The molecule has 1 aromatic carbocycles. The van der Waals surface area contributed by atoms with Gasteiger partial charge in [0.05, 0.1) is 4.90 Å². The fourth-order valence-electron chi connectivity index (χ4n) is 2.15. The SMILES string of the molecule is Cc1ccc(CNC2CC2)cc1S(=O)(=O)NCCC(C)C. The summed E-state index contributed by atoms with van der Waals surface area (Å²) in [6, 6.07) is 6.30. The van der Waals surface area contributed by atoms with Crippen molar-refractivity contribution >= 4 is 10.0 Å². The second kappa shape index (κ2) is 6.90. The van der Waals surface area contributed by atoms with E-state index in [4.69, 9.17) is 0 Å². The van der Waals surface area contributed by atoms with Crippen LogP contribution in [0.3, 0.4) is 0 Å². The highest BCUT2D eigenvalue weighted by Gasteiger charge is 2.21. The number of benzene rings is 1. The Morgan fingerprint density at radius 2 is 2.00 bits per heavy atom. The third kappa shape index (κ3) is 5.09. The Labute approximate surface area is 128 Å².